The summed E-state index contributed by atoms with van der Waals surface area (Å²) in [4.78, 5) is 21.4. The van der Waals surface area contributed by atoms with Crippen LogP contribution in [-0.2, 0) is 0 Å². The van der Waals surface area contributed by atoms with Gasteiger partial charge in [-0.15, -0.1) is 11.8 Å². The summed E-state index contributed by atoms with van der Waals surface area (Å²) in [6.07, 6.45) is -0.953. The van der Waals surface area contributed by atoms with Gasteiger partial charge < -0.3 is 15.9 Å². The van der Waals surface area contributed by atoms with Crippen LogP contribution in [0.25, 0.3) is 0 Å². The van der Waals surface area contributed by atoms with E-state index >= 15 is 0 Å². The Morgan fingerprint density at radius 3 is 2.72 bits per heavy atom. The predicted molar refractivity (Wildman–Crippen MR) is 65.4 cm³/mol. The molecule has 1 atom stereocenters. The maximum atomic E-state index is 10.9. The molecule has 1 amide bonds. The van der Waals surface area contributed by atoms with Gasteiger partial charge in [0.1, 0.15) is 0 Å². The van der Waals surface area contributed by atoms with Crippen molar-refractivity contribution in [3.8, 4) is 0 Å². The SMILES string of the molecule is NC(=O)c1ccc(SCC(O)CO)c([N+](=O)[O-])c1. The molecule has 18 heavy (non-hydrogen) atoms. The molecule has 0 saturated heterocycles. The summed E-state index contributed by atoms with van der Waals surface area (Å²) in [7, 11) is 0. The summed E-state index contributed by atoms with van der Waals surface area (Å²) in [5.41, 5.74) is 4.84. The highest BCUT2D eigenvalue weighted by Gasteiger charge is 2.17. The van der Waals surface area contributed by atoms with Crippen LogP contribution in [-0.4, -0.2) is 39.5 Å². The molecular formula is C10H12N2O5S. The maximum Gasteiger partial charge on any atom is 0.283 e. The third kappa shape index (κ3) is 3.69. The minimum absolute atomic E-state index is 0.0498. The zero-order valence-corrected chi connectivity index (χ0v) is 10.1. The van der Waals surface area contributed by atoms with E-state index in [1.807, 2.05) is 0 Å². The van der Waals surface area contributed by atoms with Gasteiger partial charge in [-0.2, -0.15) is 0 Å². The molecule has 0 heterocycles. The molecule has 4 N–H and O–H groups in total. The van der Waals surface area contributed by atoms with Gasteiger partial charge in [0.2, 0.25) is 5.91 Å². The molecule has 1 aromatic carbocycles. The van der Waals surface area contributed by atoms with Crippen molar-refractivity contribution in [3.05, 3.63) is 33.9 Å². The highest BCUT2D eigenvalue weighted by Crippen LogP contribution is 2.30. The van der Waals surface area contributed by atoms with Crippen LogP contribution in [0.4, 0.5) is 5.69 Å². The number of benzene rings is 1. The summed E-state index contributed by atoms with van der Waals surface area (Å²) in [6.45, 7) is -0.417. The zero-order chi connectivity index (χ0) is 13.7. The van der Waals surface area contributed by atoms with Crippen LogP contribution < -0.4 is 5.73 Å². The largest absolute Gasteiger partial charge is 0.394 e. The number of amides is 1. The van der Waals surface area contributed by atoms with Gasteiger partial charge in [-0.25, -0.2) is 0 Å². The van der Waals surface area contributed by atoms with E-state index < -0.39 is 23.5 Å². The third-order valence-electron chi connectivity index (χ3n) is 2.08. The smallest absolute Gasteiger partial charge is 0.283 e. The quantitative estimate of drug-likeness (QED) is 0.384. The Bertz CT molecular complexity index is 466. The van der Waals surface area contributed by atoms with Gasteiger partial charge >= 0.3 is 0 Å². The van der Waals surface area contributed by atoms with Gasteiger partial charge in [0.25, 0.3) is 5.69 Å². The second kappa shape index (κ2) is 6.34. The summed E-state index contributed by atoms with van der Waals surface area (Å²) < 4.78 is 0. The molecular weight excluding hydrogens is 260 g/mol. The van der Waals surface area contributed by atoms with Crippen molar-refractivity contribution in [2.24, 2.45) is 5.73 Å². The van der Waals surface area contributed by atoms with Crippen molar-refractivity contribution >= 4 is 23.4 Å². The van der Waals surface area contributed by atoms with Crippen LogP contribution >= 0.6 is 11.8 Å². The van der Waals surface area contributed by atoms with Gasteiger partial charge in [-0.3, -0.25) is 14.9 Å². The van der Waals surface area contributed by atoms with Crippen molar-refractivity contribution in [2.75, 3.05) is 12.4 Å². The molecule has 0 radical (unpaired) electrons. The number of aliphatic hydroxyl groups excluding tert-OH is 2. The number of hydrogen-bond acceptors (Lipinski definition) is 6. The maximum absolute atomic E-state index is 10.9. The van der Waals surface area contributed by atoms with Crippen molar-refractivity contribution in [3.63, 3.8) is 0 Å². The monoisotopic (exact) mass is 272 g/mol. The first-order valence-electron chi connectivity index (χ1n) is 4.95. The number of carbonyl (C=O) groups excluding carboxylic acids is 1. The number of nitro groups is 1. The number of aliphatic hydroxyl groups is 2. The molecule has 7 nitrogen and oxygen atoms in total. The Labute approximate surface area is 107 Å². The Hall–Kier alpha value is -1.64. The number of hydrogen-bond donors (Lipinski definition) is 3. The second-order valence-corrected chi connectivity index (χ2v) is 4.51. The fourth-order valence-electron chi connectivity index (χ4n) is 1.17. The molecule has 0 saturated carbocycles. The first kappa shape index (κ1) is 14.4. The molecule has 0 spiro atoms. The van der Waals surface area contributed by atoms with E-state index in [4.69, 9.17) is 10.8 Å². The van der Waals surface area contributed by atoms with Crippen molar-refractivity contribution in [1.29, 1.82) is 0 Å². The highest BCUT2D eigenvalue weighted by atomic mass is 32.2. The Kier molecular flexibility index (Phi) is 5.08. The molecule has 0 bridgehead atoms. The standard InChI is InChI=1S/C10H12N2O5S/c11-10(15)6-1-2-9(8(3-6)12(16)17)18-5-7(14)4-13/h1-3,7,13-14H,4-5H2,(H2,11,15). The molecule has 0 aromatic heterocycles. The number of nitrogens with two attached hydrogens (primary N) is 1. The van der Waals surface area contributed by atoms with Gasteiger partial charge in [0, 0.05) is 17.4 Å². The minimum Gasteiger partial charge on any atom is -0.394 e. The fraction of sp³-hybridized carbons (Fsp3) is 0.300. The molecule has 0 aliphatic heterocycles. The average molecular weight is 272 g/mol. The van der Waals surface area contributed by atoms with E-state index in [2.05, 4.69) is 0 Å². The number of nitrogens with zero attached hydrogens (tertiary/aromatic N) is 1. The number of rotatable bonds is 6. The molecule has 98 valence electrons. The average Bonchev–Trinajstić information content (AvgIpc) is 2.35. The van der Waals surface area contributed by atoms with Gasteiger partial charge in [-0.05, 0) is 12.1 Å². The third-order valence-corrected chi connectivity index (χ3v) is 3.29. The van der Waals surface area contributed by atoms with Crippen molar-refractivity contribution < 1.29 is 19.9 Å². The van der Waals surface area contributed by atoms with Crippen LogP contribution in [0.5, 0.6) is 0 Å². The molecule has 1 aromatic rings. The van der Waals surface area contributed by atoms with Gasteiger partial charge in [0.05, 0.1) is 22.5 Å². The van der Waals surface area contributed by atoms with Crippen LogP contribution in [0.1, 0.15) is 10.4 Å². The topological polar surface area (TPSA) is 127 Å². The summed E-state index contributed by atoms with van der Waals surface area (Å²) in [5, 5.41) is 28.7. The summed E-state index contributed by atoms with van der Waals surface area (Å²) in [6, 6.07) is 3.87. The van der Waals surface area contributed by atoms with Gasteiger partial charge in [-0.1, -0.05) is 0 Å². The van der Waals surface area contributed by atoms with Crippen LogP contribution in [0.2, 0.25) is 0 Å². The van der Waals surface area contributed by atoms with Crippen molar-refractivity contribution in [1.82, 2.24) is 0 Å². The van der Waals surface area contributed by atoms with E-state index in [0.29, 0.717) is 4.90 Å². The molecule has 1 rings (SSSR count). The zero-order valence-electron chi connectivity index (χ0n) is 9.28. The normalized spacial score (nSPS) is 12.1. The predicted octanol–water partition coefficient (Wildman–Crippen LogP) is 0.139. The van der Waals surface area contributed by atoms with E-state index in [0.717, 1.165) is 17.8 Å². The number of thioether (sulfide) groups is 1. The van der Waals surface area contributed by atoms with E-state index in [1.54, 1.807) is 0 Å². The Balaban J connectivity index is 2.97. The molecule has 0 aliphatic rings. The van der Waals surface area contributed by atoms with Crippen LogP contribution in [0.15, 0.2) is 23.1 Å². The van der Waals surface area contributed by atoms with Crippen LogP contribution in [0.3, 0.4) is 0 Å². The van der Waals surface area contributed by atoms with E-state index in [9.17, 15) is 20.0 Å². The van der Waals surface area contributed by atoms with Gasteiger partial charge in [0.15, 0.2) is 0 Å². The van der Waals surface area contributed by atoms with Crippen molar-refractivity contribution in [2.45, 2.75) is 11.0 Å². The summed E-state index contributed by atoms with van der Waals surface area (Å²) >= 11 is 1.02. The first-order chi connectivity index (χ1) is 8.45. The lowest BCUT2D eigenvalue weighted by Gasteiger charge is -2.07. The summed E-state index contributed by atoms with van der Waals surface area (Å²) in [5.74, 6) is -0.627. The minimum atomic E-state index is -0.953. The number of primary amides is 1. The first-order valence-corrected chi connectivity index (χ1v) is 5.94. The Morgan fingerprint density at radius 1 is 1.56 bits per heavy atom. The number of carbonyl (C=O) groups is 1. The second-order valence-electron chi connectivity index (χ2n) is 3.45. The van der Waals surface area contributed by atoms with Crippen LogP contribution in [0, 0.1) is 10.1 Å². The molecule has 0 fully saturated rings. The lowest BCUT2D eigenvalue weighted by atomic mass is 10.2. The lowest BCUT2D eigenvalue weighted by Crippen LogP contribution is -2.15. The van der Waals surface area contributed by atoms with E-state index in [-0.39, 0.29) is 17.0 Å². The molecule has 1 unspecified atom stereocenters. The Morgan fingerprint density at radius 2 is 2.22 bits per heavy atom. The molecule has 8 heteroatoms. The van der Waals surface area contributed by atoms with E-state index in [1.165, 1.54) is 12.1 Å². The fourth-order valence-corrected chi connectivity index (χ4v) is 2.10. The molecule has 0 aliphatic carbocycles. The highest BCUT2D eigenvalue weighted by molar-refractivity contribution is 7.99. The number of nitro benzene ring substituents is 1. The lowest BCUT2D eigenvalue weighted by molar-refractivity contribution is -0.387.